The summed E-state index contributed by atoms with van der Waals surface area (Å²) in [6.45, 7) is 25.8. The van der Waals surface area contributed by atoms with Crippen molar-refractivity contribution in [1.82, 2.24) is 0 Å². The van der Waals surface area contributed by atoms with E-state index in [1.54, 1.807) is 0 Å². The molecule has 0 saturated heterocycles. The van der Waals surface area contributed by atoms with Crippen molar-refractivity contribution in [1.29, 1.82) is 0 Å². The molecule has 6 atom stereocenters. The van der Waals surface area contributed by atoms with Gasteiger partial charge in [0.15, 0.2) is 16.6 Å². The average Bonchev–Trinajstić information content (AvgIpc) is 3.32. The van der Waals surface area contributed by atoms with E-state index in [2.05, 4.69) is 73.9 Å². The maximum atomic E-state index is 13.4. The summed E-state index contributed by atoms with van der Waals surface area (Å²) >= 11 is 0. The summed E-state index contributed by atoms with van der Waals surface area (Å²) in [5, 5.41) is 9.44. The van der Waals surface area contributed by atoms with Crippen molar-refractivity contribution in [2.75, 3.05) is 6.61 Å². The molecule has 1 aromatic rings. The number of ether oxygens (including phenoxy) is 1. The van der Waals surface area contributed by atoms with Crippen LogP contribution in [0.4, 0.5) is 13.2 Å². The molecule has 2 rings (SSSR count). The van der Waals surface area contributed by atoms with E-state index in [4.69, 9.17) is 13.6 Å². The van der Waals surface area contributed by atoms with Crippen LogP contribution in [0.2, 0.25) is 36.3 Å². The Morgan fingerprint density at radius 2 is 1.74 bits per heavy atom. The molecule has 266 valence electrons. The molecule has 1 aliphatic rings. The standard InChI is InChI=1S/C37H59F3O5Si2/c1-11-17-31-32(34(45-46(9,10)36(6,7)8)25-33(31)27(12-2)20-23-35(41)42)22-21-30(44-47(13-3,14-4)15-5)26-43-29-19-16-18-28(24-29)37(38,39)40/h11-12,16,18-19,21-22,24,27,30-34H,1-2,13-15,17,20,23,25-26H2,3-10H3,(H,41,42)/b22-21+/t27?,30-,31+,32-,33+,34-/m1/s1. The number of aliphatic carboxylic acids is 1. The molecule has 0 aromatic heterocycles. The Kier molecular flexibility index (Phi) is 15.3. The minimum absolute atomic E-state index is 0.00000616. The maximum Gasteiger partial charge on any atom is 0.416 e. The first-order valence-corrected chi connectivity index (χ1v) is 22.6. The van der Waals surface area contributed by atoms with Crippen LogP contribution < -0.4 is 4.74 Å². The second-order valence-electron chi connectivity index (χ2n) is 14.5. The number of carboxylic acid groups (broad SMARTS) is 1. The van der Waals surface area contributed by atoms with Crippen LogP contribution in [0, 0.1) is 23.7 Å². The summed E-state index contributed by atoms with van der Waals surface area (Å²) in [5.41, 5.74) is -0.753. The predicted octanol–water partition coefficient (Wildman–Crippen LogP) is 10.9. The number of halogens is 3. The van der Waals surface area contributed by atoms with Crippen molar-refractivity contribution in [3.8, 4) is 5.75 Å². The van der Waals surface area contributed by atoms with Crippen molar-refractivity contribution in [3.63, 3.8) is 0 Å². The van der Waals surface area contributed by atoms with Gasteiger partial charge in [0.2, 0.25) is 0 Å². The van der Waals surface area contributed by atoms with Gasteiger partial charge in [0.25, 0.3) is 0 Å². The third-order valence-corrected chi connectivity index (χ3v) is 19.8. The highest BCUT2D eigenvalue weighted by Crippen LogP contribution is 2.50. The van der Waals surface area contributed by atoms with Gasteiger partial charge in [0.1, 0.15) is 12.4 Å². The topological polar surface area (TPSA) is 65.0 Å². The minimum atomic E-state index is -4.46. The van der Waals surface area contributed by atoms with Crippen molar-refractivity contribution >= 4 is 22.6 Å². The quantitative estimate of drug-likeness (QED) is 0.115. The number of alkyl halides is 3. The summed E-state index contributed by atoms with van der Waals surface area (Å²) in [6.07, 6.45) is 5.13. The fourth-order valence-corrected chi connectivity index (χ4v) is 10.7. The molecule has 0 heterocycles. The second kappa shape index (κ2) is 17.5. The van der Waals surface area contributed by atoms with E-state index >= 15 is 0 Å². The second-order valence-corrected chi connectivity index (χ2v) is 24.0. The van der Waals surface area contributed by atoms with Gasteiger partial charge in [0, 0.05) is 12.3 Å². The number of benzene rings is 1. The van der Waals surface area contributed by atoms with E-state index in [9.17, 15) is 23.1 Å². The lowest BCUT2D eigenvalue weighted by molar-refractivity contribution is -0.138. The molecule has 0 radical (unpaired) electrons. The zero-order valence-electron chi connectivity index (χ0n) is 29.9. The van der Waals surface area contributed by atoms with Crippen LogP contribution in [-0.4, -0.2) is 46.5 Å². The summed E-state index contributed by atoms with van der Waals surface area (Å²) in [7, 11) is -4.32. The molecule has 1 fully saturated rings. The first kappa shape index (κ1) is 41.0. The molecule has 1 aliphatic carbocycles. The molecule has 10 heteroatoms. The third kappa shape index (κ3) is 11.5. The molecule has 5 nitrogen and oxygen atoms in total. The number of allylic oxidation sites excluding steroid dienone is 2. The normalized spacial score (nSPS) is 22.3. The highest BCUT2D eigenvalue weighted by Gasteiger charge is 2.48. The summed E-state index contributed by atoms with van der Waals surface area (Å²) in [4.78, 5) is 11.5. The van der Waals surface area contributed by atoms with E-state index < -0.39 is 40.4 Å². The number of carbonyl (C=O) groups is 1. The van der Waals surface area contributed by atoms with Crippen molar-refractivity contribution < 1.29 is 36.7 Å². The van der Waals surface area contributed by atoms with Crippen molar-refractivity contribution in [2.24, 2.45) is 23.7 Å². The maximum absolute atomic E-state index is 13.4. The van der Waals surface area contributed by atoms with Crippen LogP contribution in [0.15, 0.2) is 61.7 Å². The molecular weight excluding hydrogens is 638 g/mol. The van der Waals surface area contributed by atoms with Gasteiger partial charge in [0.05, 0.1) is 17.8 Å². The molecule has 1 unspecified atom stereocenters. The molecule has 0 spiro atoms. The van der Waals surface area contributed by atoms with Gasteiger partial charge in [-0.2, -0.15) is 13.2 Å². The van der Waals surface area contributed by atoms with E-state index in [0.29, 0.717) is 6.42 Å². The molecule has 0 amide bonds. The lowest BCUT2D eigenvalue weighted by atomic mass is 9.77. The van der Waals surface area contributed by atoms with Gasteiger partial charge in [-0.05, 0) is 91.5 Å². The number of rotatable bonds is 19. The van der Waals surface area contributed by atoms with Gasteiger partial charge in [-0.1, -0.05) is 71.9 Å². The van der Waals surface area contributed by atoms with Gasteiger partial charge in [-0.15, -0.1) is 13.2 Å². The molecule has 0 bridgehead atoms. The third-order valence-electron chi connectivity index (χ3n) is 10.7. The summed E-state index contributed by atoms with van der Waals surface area (Å²) in [5.74, 6) is -0.361. The molecule has 1 saturated carbocycles. The van der Waals surface area contributed by atoms with Crippen LogP contribution >= 0.6 is 0 Å². The molecular formula is C37H59F3O5Si2. The Bertz CT molecular complexity index is 1180. The van der Waals surface area contributed by atoms with E-state index in [1.165, 1.54) is 12.1 Å². The lowest BCUT2D eigenvalue weighted by Crippen LogP contribution is -2.45. The first-order chi connectivity index (χ1) is 21.9. The number of hydrogen-bond acceptors (Lipinski definition) is 4. The van der Waals surface area contributed by atoms with Crippen molar-refractivity contribution in [3.05, 3.63) is 67.3 Å². The Morgan fingerprint density at radius 1 is 1.11 bits per heavy atom. The van der Waals surface area contributed by atoms with Crippen molar-refractivity contribution in [2.45, 2.75) is 122 Å². The van der Waals surface area contributed by atoms with E-state index in [1.807, 2.05) is 18.2 Å². The fourth-order valence-electron chi connectivity index (χ4n) is 6.57. The predicted molar refractivity (Wildman–Crippen MR) is 191 cm³/mol. The van der Waals surface area contributed by atoms with Gasteiger partial charge in [-0.3, -0.25) is 4.79 Å². The summed E-state index contributed by atoms with van der Waals surface area (Å²) < 4.78 is 60.2. The average molecular weight is 697 g/mol. The highest BCUT2D eigenvalue weighted by molar-refractivity contribution is 6.74. The van der Waals surface area contributed by atoms with Gasteiger partial charge in [-0.25, -0.2) is 0 Å². The first-order valence-electron chi connectivity index (χ1n) is 17.2. The van der Waals surface area contributed by atoms with Crippen LogP contribution in [0.3, 0.4) is 0 Å². The Hall–Kier alpha value is -2.15. The Labute approximate surface area is 283 Å². The van der Waals surface area contributed by atoms with E-state index in [-0.39, 0.29) is 53.6 Å². The molecule has 1 N–H and O–H groups in total. The SMILES string of the molecule is C=CC[C@H]1[C@@H](/C=C/[C@H](COc2cccc(C(F)(F)F)c2)O[Si](CC)(CC)CC)[C@H](O[Si](C)(C)C(C)(C)C)C[C@H]1C(C=C)CCC(=O)O. The largest absolute Gasteiger partial charge is 0.491 e. The number of hydrogen-bond donors (Lipinski definition) is 1. The zero-order valence-corrected chi connectivity index (χ0v) is 31.9. The summed E-state index contributed by atoms with van der Waals surface area (Å²) in [6, 6.07) is 7.71. The van der Waals surface area contributed by atoms with Gasteiger partial charge >= 0.3 is 12.1 Å². The Balaban J connectivity index is 2.55. The zero-order chi connectivity index (χ0) is 35.6. The van der Waals surface area contributed by atoms with Crippen LogP contribution in [0.5, 0.6) is 5.75 Å². The van der Waals surface area contributed by atoms with E-state index in [0.717, 1.165) is 43.1 Å². The highest BCUT2D eigenvalue weighted by atomic mass is 28.4. The fraction of sp³-hybridized carbons (Fsp3) is 0.649. The van der Waals surface area contributed by atoms with Crippen LogP contribution in [-0.2, 0) is 19.8 Å². The molecule has 0 aliphatic heterocycles. The molecule has 47 heavy (non-hydrogen) atoms. The lowest BCUT2D eigenvalue weighted by Gasteiger charge is -2.40. The number of carboxylic acids is 1. The van der Waals surface area contributed by atoms with Gasteiger partial charge < -0.3 is 18.7 Å². The van der Waals surface area contributed by atoms with Crippen LogP contribution in [0.25, 0.3) is 0 Å². The Morgan fingerprint density at radius 3 is 2.26 bits per heavy atom. The monoisotopic (exact) mass is 696 g/mol. The molecule has 1 aromatic carbocycles. The minimum Gasteiger partial charge on any atom is -0.491 e. The van der Waals surface area contributed by atoms with Crippen LogP contribution in [0.1, 0.15) is 72.8 Å². The smallest absolute Gasteiger partial charge is 0.416 e.